The Balaban J connectivity index is 1.61. The van der Waals surface area contributed by atoms with Gasteiger partial charge in [-0.3, -0.25) is 4.68 Å². The van der Waals surface area contributed by atoms with Crippen molar-refractivity contribution in [3.63, 3.8) is 0 Å². The second kappa shape index (κ2) is 13.8. The molecule has 3 aromatic rings. The number of benzene rings is 1. The number of nitrogens with one attached hydrogen (secondary N) is 2. The molecule has 0 amide bonds. The number of sulfone groups is 1. The highest BCUT2D eigenvalue weighted by molar-refractivity contribution is 14.1. The molecule has 224 valence electrons. The molecule has 2 aromatic heterocycles. The standard InChI is InChI=1S/C27H37ClIN7O4S/c1-17(2)41(38,39)26-23(16-35(4)34-26)31-25-21(28)15-30-27(33-25)32-22-13-18(3)20(14-24(22)40-12-7-29)19-5-8-36(9-6-19)10-11-37/h13-17,19,37H,5-12H2,1-4H3,(H2,30,31,32,33). The predicted octanol–water partition coefficient (Wildman–Crippen LogP) is 4.83. The topological polar surface area (TPSA) is 134 Å². The molecule has 3 heterocycles. The first kappa shape index (κ1) is 31.7. The Morgan fingerprint density at radius 2 is 1.95 bits per heavy atom. The highest BCUT2D eigenvalue weighted by atomic mass is 127. The third-order valence-corrected chi connectivity index (χ3v) is 9.87. The largest absolute Gasteiger partial charge is 0.491 e. The van der Waals surface area contributed by atoms with Gasteiger partial charge in [-0.15, -0.1) is 0 Å². The summed E-state index contributed by atoms with van der Waals surface area (Å²) in [5, 5.41) is 19.3. The Morgan fingerprint density at radius 3 is 2.61 bits per heavy atom. The van der Waals surface area contributed by atoms with Gasteiger partial charge in [0.05, 0.1) is 36.0 Å². The van der Waals surface area contributed by atoms with Crippen LogP contribution in [0, 0.1) is 6.92 Å². The number of piperidine rings is 1. The third-order valence-electron chi connectivity index (χ3n) is 7.08. The summed E-state index contributed by atoms with van der Waals surface area (Å²) in [7, 11) is -1.99. The second-order valence-corrected chi connectivity index (χ2v) is 14.2. The zero-order valence-corrected chi connectivity index (χ0v) is 27.4. The van der Waals surface area contributed by atoms with Crippen LogP contribution in [0.1, 0.15) is 43.7 Å². The van der Waals surface area contributed by atoms with Gasteiger partial charge in [-0.25, -0.2) is 13.4 Å². The van der Waals surface area contributed by atoms with Crippen LogP contribution in [-0.2, 0) is 16.9 Å². The number of hydrogen-bond acceptors (Lipinski definition) is 10. The number of ether oxygens (including phenoxy) is 1. The maximum absolute atomic E-state index is 12.9. The molecule has 0 atom stereocenters. The van der Waals surface area contributed by atoms with E-state index in [1.807, 2.05) is 0 Å². The molecule has 14 heteroatoms. The first-order valence-corrected chi connectivity index (χ1v) is 17.0. The fourth-order valence-corrected chi connectivity index (χ4v) is 6.33. The summed E-state index contributed by atoms with van der Waals surface area (Å²) >= 11 is 8.69. The van der Waals surface area contributed by atoms with Gasteiger partial charge < -0.3 is 25.4 Å². The number of aromatic nitrogens is 4. The molecule has 4 rings (SSSR count). The minimum Gasteiger partial charge on any atom is -0.491 e. The lowest BCUT2D eigenvalue weighted by Crippen LogP contribution is -2.35. The summed E-state index contributed by atoms with van der Waals surface area (Å²) in [5.41, 5.74) is 3.41. The van der Waals surface area contributed by atoms with Crippen LogP contribution < -0.4 is 15.4 Å². The highest BCUT2D eigenvalue weighted by Crippen LogP contribution is 2.38. The van der Waals surface area contributed by atoms with E-state index in [1.165, 1.54) is 16.4 Å². The molecule has 0 bridgehead atoms. The third kappa shape index (κ3) is 7.61. The molecule has 0 spiro atoms. The normalized spacial score (nSPS) is 14.9. The summed E-state index contributed by atoms with van der Waals surface area (Å²) in [6.07, 6.45) is 5.08. The number of hydrogen-bond donors (Lipinski definition) is 3. The molecule has 0 radical (unpaired) electrons. The fraction of sp³-hybridized carbons (Fsp3) is 0.519. The van der Waals surface area contributed by atoms with Gasteiger partial charge in [0, 0.05) is 24.2 Å². The van der Waals surface area contributed by atoms with Gasteiger partial charge in [0.2, 0.25) is 20.8 Å². The molecule has 3 N–H and O–H groups in total. The number of halogens is 2. The number of aliphatic hydroxyl groups is 1. The summed E-state index contributed by atoms with van der Waals surface area (Å²) in [5.74, 6) is 1.65. The molecular weight excluding hydrogens is 681 g/mol. The van der Waals surface area contributed by atoms with Crippen molar-refractivity contribution in [1.29, 1.82) is 0 Å². The SMILES string of the molecule is Cc1cc(Nc2ncc(Cl)c(Nc3cn(C)nc3S(=O)(=O)C(C)C)n2)c(OCCI)cc1C1CCN(CCO)CC1. The van der Waals surface area contributed by atoms with E-state index in [4.69, 9.17) is 16.3 Å². The molecular formula is C27H37ClIN7O4S. The van der Waals surface area contributed by atoms with Crippen LogP contribution in [0.3, 0.4) is 0 Å². The minimum absolute atomic E-state index is 0.0675. The molecule has 1 aromatic carbocycles. The Morgan fingerprint density at radius 1 is 1.22 bits per heavy atom. The lowest BCUT2D eigenvalue weighted by Gasteiger charge is -2.32. The summed E-state index contributed by atoms with van der Waals surface area (Å²) in [4.78, 5) is 11.2. The molecule has 1 aliphatic heterocycles. The Bertz CT molecular complexity index is 1460. The van der Waals surface area contributed by atoms with Crippen LogP contribution in [0.5, 0.6) is 5.75 Å². The van der Waals surface area contributed by atoms with E-state index >= 15 is 0 Å². The number of aryl methyl sites for hydroxylation is 2. The predicted molar refractivity (Wildman–Crippen MR) is 170 cm³/mol. The first-order valence-electron chi connectivity index (χ1n) is 13.5. The average molecular weight is 718 g/mol. The van der Waals surface area contributed by atoms with Crippen LogP contribution in [0.15, 0.2) is 29.6 Å². The molecule has 11 nitrogen and oxygen atoms in total. The smallest absolute Gasteiger partial charge is 0.229 e. The molecule has 1 saturated heterocycles. The van der Waals surface area contributed by atoms with Crippen LogP contribution >= 0.6 is 34.2 Å². The van der Waals surface area contributed by atoms with E-state index in [2.05, 4.69) is 72.2 Å². The zero-order chi connectivity index (χ0) is 29.7. The fourth-order valence-electron chi connectivity index (χ4n) is 4.87. The molecule has 1 aliphatic rings. The van der Waals surface area contributed by atoms with Crippen LogP contribution in [0.25, 0.3) is 0 Å². The van der Waals surface area contributed by atoms with Gasteiger partial charge in [0.1, 0.15) is 10.8 Å². The van der Waals surface area contributed by atoms with E-state index < -0.39 is 15.1 Å². The first-order chi connectivity index (χ1) is 19.5. The number of aliphatic hydroxyl groups excluding tert-OH is 1. The Kier molecular flexibility index (Phi) is 10.7. The van der Waals surface area contributed by atoms with Crippen molar-refractivity contribution in [1.82, 2.24) is 24.6 Å². The number of likely N-dealkylation sites (tertiary alicyclic amines) is 1. The van der Waals surface area contributed by atoms with Gasteiger partial charge in [-0.05, 0) is 75.9 Å². The van der Waals surface area contributed by atoms with Crippen molar-refractivity contribution in [2.24, 2.45) is 7.05 Å². The van der Waals surface area contributed by atoms with Crippen LogP contribution in [-0.4, -0.2) is 80.7 Å². The van der Waals surface area contributed by atoms with Crippen LogP contribution in [0.2, 0.25) is 5.02 Å². The van der Waals surface area contributed by atoms with Crippen molar-refractivity contribution in [3.8, 4) is 5.75 Å². The molecule has 41 heavy (non-hydrogen) atoms. The van der Waals surface area contributed by atoms with Crippen molar-refractivity contribution in [2.75, 3.05) is 47.9 Å². The number of rotatable bonds is 12. The molecule has 0 unspecified atom stereocenters. The van der Waals surface area contributed by atoms with E-state index in [-0.39, 0.29) is 34.1 Å². The van der Waals surface area contributed by atoms with E-state index in [1.54, 1.807) is 27.1 Å². The van der Waals surface area contributed by atoms with Gasteiger partial charge >= 0.3 is 0 Å². The quantitative estimate of drug-likeness (QED) is 0.177. The van der Waals surface area contributed by atoms with Gasteiger partial charge in [-0.1, -0.05) is 34.2 Å². The summed E-state index contributed by atoms with van der Waals surface area (Å²) in [6, 6.07) is 4.17. The van der Waals surface area contributed by atoms with Crippen molar-refractivity contribution in [2.45, 2.75) is 49.8 Å². The number of anilines is 4. The number of β-amino-alcohol motifs (C(OH)–C–C–N with tert-alkyl or cyclic N) is 1. The maximum Gasteiger partial charge on any atom is 0.229 e. The molecule has 1 fully saturated rings. The monoisotopic (exact) mass is 717 g/mol. The minimum atomic E-state index is -3.64. The van der Waals surface area contributed by atoms with E-state index in [0.29, 0.717) is 24.8 Å². The zero-order valence-electron chi connectivity index (χ0n) is 23.7. The number of nitrogens with zero attached hydrogens (tertiary/aromatic N) is 5. The van der Waals surface area contributed by atoms with E-state index in [0.717, 1.165) is 41.6 Å². The summed E-state index contributed by atoms with van der Waals surface area (Å²) in [6.45, 7) is 8.68. The van der Waals surface area contributed by atoms with E-state index in [9.17, 15) is 13.5 Å². The van der Waals surface area contributed by atoms with Gasteiger partial charge in [0.25, 0.3) is 0 Å². The lowest BCUT2D eigenvalue weighted by molar-refractivity contribution is 0.164. The van der Waals surface area contributed by atoms with Crippen LogP contribution in [0.4, 0.5) is 23.1 Å². The second-order valence-electron chi connectivity index (χ2n) is 10.3. The van der Waals surface area contributed by atoms with Crippen molar-refractivity contribution in [3.05, 3.63) is 40.7 Å². The van der Waals surface area contributed by atoms with Crippen molar-refractivity contribution < 1.29 is 18.3 Å². The lowest BCUT2D eigenvalue weighted by atomic mass is 9.86. The molecule has 0 aliphatic carbocycles. The summed E-state index contributed by atoms with van der Waals surface area (Å²) < 4.78 is 34.2. The van der Waals surface area contributed by atoms with Gasteiger partial charge in [-0.2, -0.15) is 10.1 Å². The Labute approximate surface area is 260 Å². The molecule has 0 saturated carbocycles. The average Bonchev–Trinajstić information content (AvgIpc) is 3.31. The number of alkyl halides is 1. The van der Waals surface area contributed by atoms with Crippen molar-refractivity contribution >= 4 is 67.2 Å². The van der Waals surface area contributed by atoms with Gasteiger partial charge in [0.15, 0.2) is 5.82 Å². The highest BCUT2D eigenvalue weighted by Gasteiger charge is 2.27. The Hall–Kier alpha value is -2.20. The maximum atomic E-state index is 12.9.